The average Bonchev–Trinajstić information content (AvgIpc) is 3.24. The van der Waals surface area contributed by atoms with Crippen LogP contribution in [0.15, 0.2) is 71.9 Å². The van der Waals surface area contributed by atoms with E-state index in [4.69, 9.17) is 11.6 Å². The molecule has 4 rings (SSSR count). The first kappa shape index (κ1) is 17.2. The fourth-order valence-electron chi connectivity index (χ4n) is 2.93. The van der Waals surface area contributed by atoms with Gasteiger partial charge in [-0.3, -0.25) is 9.79 Å². The quantitative estimate of drug-likeness (QED) is 0.723. The van der Waals surface area contributed by atoms with E-state index in [-0.39, 0.29) is 5.91 Å². The van der Waals surface area contributed by atoms with Crippen molar-refractivity contribution in [1.82, 2.24) is 10.3 Å². The molecule has 5 nitrogen and oxygen atoms in total. The van der Waals surface area contributed by atoms with Crippen molar-refractivity contribution in [3.63, 3.8) is 0 Å². The van der Waals surface area contributed by atoms with E-state index < -0.39 is 0 Å². The maximum absolute atomic E-state index is 12.7. The van der Waals surface area contributed by atoms with Crippen molar-refractivity contribution in [2.45, 2.75) is 0 Å². The number of aromatic nitrogens is 1. The van der Waals surface area contributed by atoms with Crippen molar-refractivity contribution in [3.05, 3.63) is 83.0 Å². The molecule has 2 heterocycles. The molecule has 0 aliphatic carbocycles. The zero-order chi connectivity index (χ0) is 18.6. The Labute approximate surface area is 162 Å². The number of aliphatic imine (C=N–C) groups is 1. The maximum Gasteiger partial charge on any atom is 0.258 e. The maximum atomic E-state index is 12.7. The number of rotatable bonds is 4. The van der Waals surface area contributed by atoms with Gasteiger partial charge < -0.3 is 10.6 Å². The number of carbonyl (C=O) groups excluding carboxylic acids is 1. The average molecular weight is 377 g/mol. The minimum Gasteiger partial charge on any atom is -0.368 e. The second kappa shape index (κ2) is 7.60. The van der Waals surface area contributed by atoms with E-state index >= 15 is 0 Å². The third-order valence-electron chi connectivity index (χ3n) is 4.28. The summed E-state index contributed by atoms with van der Waals surface area (Å²) >= 11 is 6.51. The minimum atomic E-state index is -0.297. The number of nitrogens with zero attached hydrogens (tertiary/aromatic N) is 2. The Balaban J connectivity index is 1.55. The van der Waals surface area contributed by atoms with Crippen LogP contribution in [0.3, 0.4) is 0 Å². The number of pyridine rings is 1. The van der Waals surface area contributed by atoms with E-state index in [9.17, 15) is 4.79 Å². The van der Waals surface area contributed by atoms with Crippen molar-refractivity contribution < 1.29 is 4.79 Å². The first-order valence-electron chi connectivity index (χ1n) is 8.62. The van der Waals surface area contributed by atoms with Gasteiger partial charge in [0.25, 0.3) is 5.91 Å². The lowest BCUT2D eigenvalue weighted by Crippen LogP contribution is -2.20. The summed E-state index contributed by atoms with van der Waals surface area (Å²) in [6.07, 6.45) is 1.69. The summed E-state index contributed by atoms with van der Waals surface area (Å²) in [6.45, 7) is 1.61. The van der Waals surface area contributed by atoms with Gasteiger partial charge in [0.2, 0.25) is 0 Å². The summed E-state index contributed by atoms with van der Waals surface area (Å²) in [5.74, 6) is 0.997. The molecule has 0 spiro atoms. The second-order valence-corrected chi connectivity index (χ2v) is 6.45. The first-order chi connectivity index (χ1) is 13.2. The van der Waals surface area contributed by atoms with Crippen LogP contribution in [0.1, 0.15) is 15.9 Å². The summed E-state index contributed by atoms with van der Waals surface area (Å²) in [6, 6.07) is 18.8. The minimum absolute atomic E-state index is 0.297. The Morgan fingerprint density at radius 1 is 1.00 bits per heavy atom. The Hall–Kier alpha value is -3.18. The van der Waals surface area contributed by atoms with Crippen LogP contribution >= 0.6 is 11.6 Å². The number of halogens is 1. The van der Waals surface area contributed by atoms with Gasteiger partial charge >= 0.3 is 0 Å². The fraction of sp³-hybridized carbons (Fsp3) is 0.0952. The molecule has 27 heavy (non-hydrogen) atoms. The molecule has 1 aromatic heterocycles. The predicted molar refractivity (Wildman–Crippen MR) is 108 cm³/mol. The van der Waals surface area contributed by atoms with Gasteiger partial charge in [-0.2, -0.15) is 0 Å². The highest BCUT2D eigenvalue weighted by atomic mass is 35.5. The largest absolute Gasteiger partial charge is 0.368 e. The zero-order valence-corrected chi connectivity index (χ0v) is 15.2. The molecule has 0 fully saturated rings. The van der Waals surface area contributed by atoms with Gasteiger partial charge in [-0.05, 0) is 23.8 Å². The molecule has 0 radical (unpaired) electrons. The lowest BCUT2D eigenvalue weighted by molar-refractivity contribution is 0.102. The Kier molecular flexibility index (Phi) is 4.85. The number of anilines is 1. The summed E-state index contributed by atoms with van der Waals surface area (Å²) in [7, 11) is 0. The van der Waals surface area contributed by atoms with Gasteiger partial charge in [0.15, 0.2) is 0 Å². The summed E-state index contributed by atoms with van der Waals surface area (Å²) in [4.78, 5) is 21.3. The van der Waals surface area contributed by atoms with Crippen molar-refractivity contribution in [2.75, 3.05) is 18.4 Å². The van der Waals surface area contributed by atoms with Gasteiger partial charge in [0.1, 0.15) is 11.7 Å². The number of benzene rings is 2. The van der Waals surface area contributed by atoms with Crippen LogP contribution in [-0.4, -0.2) is 29.8 Å². The van der Waals surface area contributed by atoms with E-state index in [0.29, 0.717) is 16.4 Å². The highest BCUT2D eigenvalue weighted by molar-refractivity contribution is 6.37. The molecule has 0 bridgehead atoms. The highest BCUT2D eigenvalue weighted by Crippen LogP contribution is 2.31. The van der Waals surface area contributed by atoms with Crippen LogP contribution in [0.25, 0.3) is 11.1 Å². The molecule has 0 saturated carbocycles. The third-order valence-corrected chi connectivity index (χ3v) is 4.69. The van der Waals surface area contributed by atoms with E-state index in [0.717, 1.165) is 35.6 Å². The van der Waals surface area contributed by atoms with Crippen molar-refractivity contribution in [3.8, 4) is 11.1 Å². The summed E-state index contributed by atoms with van der Waals surface area (Å²) in [5.41, 5.74) is 3.09. The zero-order valence-electron chi connectivity index (χ0n) is 14.4. The molecule has 0 atom stereocenters. The van der Waals surface area contributed by atoms with Gasteiger partial charge in [-0.1, -0.05) is 54.1 Å². The second-order valence-electron chi connectivity index (χ2n) is 6.08. The number of amides is 1. The summed E-state index contributed by atoms with van der Waals surface area (Å²) in [5, 5.41) is 6.41. The molecular weight excluding hydrogens is 360 g/mol. The Morgan fingerprint density at radius 2 is 1.85 bits per heavy atom. The van der Waals surface area contributed by atoms with Crippen molar-refractivity contribution in [1.29, 1.82) is 0 Å². The number of amidine groups is 1. The molecule has 2 N–H and O–H groups in total. The van der Waals surface area contributed by atoms with E-state index in [2.05, 4.69) is 20.6 Å². The van der Waals surface area contributed by atoms with Crippen LogP contribution < -0.4 is 10.6 Å². The Bertz CT molecular complexity index is 1000. The van der Waals surface area contributed by atoms with E-state index in [1.165, 1.54) is 0 Å². The molecule has 0 saturated heterocycles. The van der Waals surface area contributed by atoms with Crippen molar-refractivity contribution in [2.24, 2.45) is 4.99 Å². The topological polar surface area (TPSA) is 66.4 Å². The lowest BCUT2D eigenvalue weighted by atomic mass is 10.0. The smallest absolute Gasteiger partial charge is 0.258 e. The standard InChI is InChI=1S/C21H17ClN4O/c22-19-16(14-5-2-1-3-6-14)7-4-8-17(19)21(27)26-18-10-9-15(13-25-18)20-23-11-12-24-20/h1-10,13H,11-12H2,(H,23,24)(H,25,26,27). The molecule has 1 aliphatic rings. The summed E-state index contributed by atoms with van der Waals surface area (Å²) < 4.78 is 0. The molecule has 2 aromatic carbocycles. The van der Waals surface area contributed by atoms with Crippen LogP contribution in [0.2, 0.25) is 5.02 Å². The molecule has 3 aromatic rings. The molecule has 6 heteroatoms. The monoisotopic (exact) mass is 376 g/mol. The first-order valence-corrected chi connectivity index (χ1v) is 9.00. The van der Waals surface area contributed by atoms with Crippen LogP contribution in [0, 0.1) is 0 Å². The molecule has 0 unspecified atom stereocenters. The van der Waals surface area contributed by atoms with Gasteiger partial charge in [-0.25, -0.2) is 4.98 Å². The predicted octanol–water partition coefficient (Wildman–Crippen LogP) is 4.00. The molecule has 134 valence electrons. The third kappa shape index (κ3) is 3.68. The molecule has 1 aliphatic heterocycles. The van der Waals surface area contributed by atoms with Crippen LogP contribution in [0.4, 0.5) is 5.82 Å². The molecular formula is C21H17ClN4O. The van der Waals surface area contributed by atoms with Gasteiger partial charge in [-0.15, -0.1) is 0 Å². The SMILES string of the molecule is O=C(Nc1ccc(C2=NCCN2)cn1)c1cccc(-c2ccccc2)c1Cl. The van der Waals surface area contributed by atoms with Gasteiger partial charge in [0, 0.05) is 23.9 Å². The van der Waals surface area contributed by atoms with Crippen molar-refractivity contribution >= 4 is 29.2 Å². The number of nitrogens with one attached hydrogen (secondary N) is 2. The number of carbonyl (C=O) groups is 1. The van der Waals surface area contributed by atoms with E-state index in [1.54, 1.807) is 18.3 Å². The lowest BCUT2D eigenvalue weighted by Gasteiger charge is -2.10. The van der Waals surface area contributed by atoms with Crippen LogP contribution in [0.5, 0.6) is 0 Å². The van der Waals surface area contributed by atoms with Crippen LogP contribution in [-0.2, 0) is 0 Å². The number of hydrogen-bond acceptors (Lipinski definition) is 4. The Morgan fingerprint density at radius 3 is 2.56 bits per heavy atom. The molecule has 1 amide bonds. The normalized spacial score (nSPS) is 13.0. The highest BCUT2D eigenvalue weighted by Gasteiger charge is 2.15. The number of hydrogen-bond donors (Lipinski definition) is 2. The van der Waals surface area contributed by atoms with Gasteiger partial charge in [0.05, 0.1) is 17.1 Å². The van der Waals surface area contributed by atoms with E-state index in [1.807, 2.05) is 48.5 Å². The fourth-order valence-corrected chi connectivity index (χ4v) is 3.25.